The minimum absolute atomic E-state index is 0.0103. The summed E-state index contributed by atoms with van der Waals surface area (Å²) < 4.78 is 163. The second kappa shape index (κ2) is 25.2. The van der Waals surface area contributed by atoms with Crippen LogP contribution in [0.5, 0.6) is 11.5 Å². The molecule has 102 heavy (non-hydrogen) atoms. The van der Waals surface area contributed by atoms with E-state index < -0.39 is 66.6 Å². The molecule has 11 aromatic carbocycles. The molecule has 0 fully saturated rings. The molecule has 11 aromatic rings. The molecule has 502 valence electrons. The Morgan fingerprint density at radius 2 is 1.11 bits per heavy atom. The number of allylic oxidation sites excluding steroid dienone is 4. The lowest BCUT2D eigenvalue weighted by Crippen LogP contribution is -2.66. The molecule has 3 aliphatic carbocycles. The zero-order valence-corrected chi connectivity index (χ0v) is 60.3. The predicted molar refractivity (Wildman–Crippen MR) is 437 cm³/mol. The number of rotatable bonds is 9. The van der Waals surface area contributed by atoms with Crippen molar-refractivity contribution in [1.29, 1.82) is 0 Å². The normalized spacial score (nSPS) is 20.8. The summed E-state index contributed by atoms with van der Waals surface area (Å²) in [6, 6.07) is 41.0. The summed E-state index contributed by atoms with van der Waals surface area (Å²) in [5.41, 5.74) is 11.3. The van der Waals surface area contributed by atoms with Crippen LogP contribution in [0.25, 0.3) is 55.6 Å². The van der Waals surface area contributed by atoms with E-state index in [2.05, 4.69) is 145 Å². The lowest BCUT2D eigenvalue weighted by atomic mass is 9.30. The van der Waals surface area contributed by atoms with E-state index in [9.17, 15) is 19.2 Å². The minimum atomic E-state index is -1.31. The Labute approximate surface area is 631 Å². The van der Waals surface area contributed by atoms with Crippen LogP contribution < -0.4 is 47.3 Å². The third kappa shape index (κ3) is 11.1. The van der Waals surface area contributed by atoms with E-state index in [0.29, 0.717) is 55.9 Å². The maximum absolute atomic E-state index is 11.9. The summed E-state index contributed by atoms with van der Waals surface area (Å²) in [5, 5.41) is 0. The van der Waals surface area contributed by atoms with Crippen molar-refractivity contribution in [2.24, 2.45) is 23.2 Å². The van der Waals surface area contributed by atoms with Gasteiger partial charge < -0.3 is 14.5 Å². The van der Waals surface area contributed by atoms with Gasteiger partial charge in [0.2, 0.25) is 0 Å². The van der Waals surface area contributed by atoms with Gasteiger partial charge in [0.05, 0.1) is 32.3 Å². The van der Waals surface area contributed by atoms with Gasteiger partial charge >= 0.3 is 0 Å². The topological polar surface area (TPSA) is 15.7 Å². The highest BCUT2D eigenvalue weighted by molar-refractivity contribution is 8.00. The van der Waals surface area contributed by atoms with Gasteiger partial charge in [0.15, 0.2) is 0 Å². The number of fused-ring (bicyclic) bond motifs is 9. The van der Waals surface area contributed by atoms with Crippen LogP contribution in [-0.2, 0) is 10.8 Å². The first-order valence-corrected chi connectivity index (χ1v) is 37.4. The molecule has 0 saturated heterocycles. The Balaban J connectivity index is 1.09. The van der Waals surface area contributed by atoms with Crippen LogP contribution in [0.4, 0.5) is 28.4 Å². The molecule has 4 atom stereocenters. The largest absolute Gasteiger partial charge is 0.458 e. The van der Waals surface area contributed by atoms with Crippen molar-refractivity contribution in [1.82, 2.24) is 0 Å². The summed E-state index contributed by atoms with van der Waals surface area (Å²) in [5.74, 6) is -0.368. The molecule has 0 aromatic heterocycles. The van der Waals surface area contributed by atoms with E-state index in [1.165, 1.54) is 11.1 Å². The maximum atomic E-state index is 11.9. The molecule has 0 N–H and O–H groups in total. The third-order valence-corrected chi connectivity index (χ3v) is 23.7. The first-order valence-electron chi connectivity index (χ1n) is 44.1. The molecule has 3 nitrogen and oxygen atoms in total. The predicted octanol–water partition coefficient (Wildman–Crippen LogP) is 22.3. The van der Waals surface area contributed by atoms with Crippen molar-refractivity contribution < 1.29 is 25.3 Å². The molecule has 18 rings (SSSR count). The SMILES string of the molecule is [2H]c1c([2H])c([2H])c(-c2c([2H])c([2H])c3c(c2[2H])N(C2C(C4CC=CCC4)=CC(C(C)(C)C)CC2C2=CCCCC2)c2cc(C(C)(C)C)cc4c2B3c2c3c5c(c([2H])c2N4c2c(-c4ccccc4)cc(C(C)(C)C)cc2-c2ccccc2)Oc2c([2H])c([2H])c(-c4ccccc4)c([2H])c2B5c2c([2H])c(-c4ccccc4)c([2H])c([2H])c2S3)c([2H])c1[2H]. The van der Waals surface area contributed by atoms with Crippen LogP contribution in [-0.4, -0.2) is 19.5 Å². The molecule has 0 bridgehead atoms. The van der Waals surface area contributed by atoms with E-state index in [-0.39, 0.29) is 144 Å². The summed E-state index contributed by atoms with van der Waals surface area (Å²) in [7, 11) is 0. The molecule has 0 amide bonds. The fraction of sp³-hybridized carbons (Fsp3) is 0.250. The standard InChI is InChI=1S/C96H90B2N2OS/c1-94(2,3)71-54-74(64-37-23-13-24-38-64)91(75(55-71)65-39-25-14-26-40-65)99-81-53-70(63-35-21-12-22-36-63)45-48-78(81)98-88-82(99)58-73(96(7,8)9)59-83(88)100(92-76(66-41-27-15-28-42-66)56-72(95(4,5)6)57-77(92)67-43-29-16-30-44-67)84-60-86-90-93(89(84)98)102-87-50-47-69(62-33-19-11-20-34-62)52-80(87)97(90)79-51-68(46-49-85(79)101-86)61-31-17-10-18-32-61/h10-13,15-23,27-36,39,41-54,56-60,64,71,75,91H,14,24-26,37-38,40,55H2,1-9H3/i12D,21D,22D,35D,36D,45D,46D,47D,48D,49D,50D,51D,52D,53D,60D. The molecule has 0 radical (unpaired) electrons. The summed E-state index contributed by atoms with van der Waals surface area (Å²) >= 11 is 1.16. The van der Waals surface area contributed by atoms with E-state index in [1.54, 1.807) is 24.3 Å². The van der Waals surface area contributed by atoms with Crippen molar-refractivity contribution in [3.63, 3.8) is 0 Å². The highest BCUT2D eigenvalue weighted by Crippen LogP contribution is 2.57. The number of ether oxygens (including phenoxy) is 1. The van der Waals surface area contributed by atoms with Gasteiger partial charge in [-0.2, -0.15) is 0 Å². The van der Waals surface area contributed by atoms with Gasteiger partial charge in [-0.25, -0.2) is 0 Å². The van der Waals surface area contributed by atoms with E-state index in [0.717, 1.165) is 90.1 Å². The van der Waals surface area contributed by atoms with Gasteiger partial charge in [-0.3, -0.25) is 0 Å². The van der Waals surface area contributed by atoms with Gasteiger partial charge in [0.25, 0.3) is 13.4 Å². The fourth-order valence-corrected chi connectivity index (χ4v) is 18.5. The van der Waals surface area contributed by atoms with E-state index >= 15 is 0 Å². The molecule has 0 spiro atoms. The molecule has 4 heterocycles. The van der Waals surface area contributed by atoms with Gasteiger partial charge in [-0.15, -0.1) is 0 Å². The van der Waals surface area contributed by atoms with Gasteiger partial charge in [-0.1, -0.05) is 297 Å². The Morgan fingerprint density at radius 3 is 1.73 bits per heavy atom. The van der Waals surface area contributed by atoms with Crippen LogP contribution in [0.2, 0.25) is 0 Å². The zero-order valence-electron chi connectivity index (χ0n) is 74.5. The number of benzene rings is 11. The number of anilines is 5. The first kappa shape index (κ1) is 50.0. The Hall–Kier alpha value is -9.48. The number of nitrogens with zero attached hydrogens (tertiary/aromatic N) is 2. The third-order valence-electron chi connectivity index (χ3n) is 22.6. The fourth-order valence-electron chi connectivity index (χ4n) is 17.2. The van der Waals surface area contributed by atoms with Crippen molar-refractivity contribution in [3.8, 4) is 67.1 Å². The highest BCUT2D eigenvalue weighted by atomic mass is 32.2. The average Bonchev–Trinajstić information content (AvgIpc) is 0.659. The molecular weight excluding hydrogens is 1250 g/mol. The molecule has 6 heteroatoms. The molecule has 0 saturated carbocycles. The second-order valence-electron chi connectivity index (χ2n) is 32.0. The lowest BCUT2D eigenvalue weighted by Gasteiger charge is -2.53. The summed E-state index contributed by atoms with van der Waals surface area (Å²) in [6.45, 7) is 17.5. The van der Waals surface area contributed by atoms with E-state index in [1.807, 2.05) is 72.8 Å². The number of hydrogen-bond donors (Lipinski definition) is 0. The average molecular weight is 1360 g/mol. The van der Waals surface area contributed by atoms with Gasteiger partial charge in [-0.05, 0) is 210 Å². The first-order chi connectivity index (χ1) is 55.8. The smallest absolute Gasteiger partial charge is 0.253 e. The minimum Gasteiger partial charge on any atom is -0.458 e. The Morgan fingerprint density at radius 1 is 0.500 bits per heavy atom. The van der Waals surface area contributed by atoms with Crippen LogP contribution in [0.3, 0.4) is 0 Å². The summed E-state index contributed by atoms with van der Waals surface area (Å²) in [4.78, 5) is 5.15. The number of hydrogen-bond acceptors (Lipinski definition) is 4. The van der Waals surface area contributed by atoms with Crippen LogP contribution in [0, 0.1) is 23.2 Å². The van der Waals surface area contributed by atoms with Crippen LogP contribution in [0.1, 0.15) is 145 Å². The van der Waals surface area contributed by atoms with Crippen LogP contribution in [0.15, 0.2) is 281 Å². The Kier molecular flexibility index (Phi) is 12.3. The summed E-state index contributed by atoms with van der Waals surface area (Å²) in [6.07, 6.45) is 16.3. The van der Waals surface area contributed by atoms with Gasteiger partial charge in [0.1, 0.15) is 11.5 Å². The quantitative estimate of drug-likeness (QED) is 0.106. The second-order valence-corrected chi connectivity index (χ2v) is 33.0. The molecule has 4 unspecified atom stereocenters. The molecular formula is C96H90B2N2OS. The van der Waals surface area contributed by atoms with Crippen molar-refractivity contribution in [2.75, 3.05) is 9.80 Å². The van der Waals surface area contributed by atoms with Crippen molar-refractivity contribution in [2.45, 2.75) is 140 Å². The van der Waals surface area contributed by atoms with Gasteiger partial charge in [0, 0.05) is 55.6 Å². The van der Waals surface area contributed by atoms with Crippen LogP contribution >= 0.6 is 11.8 Å². The highest BCUT2D eigenvalue weighted by Gasteiger charge is 2.53. The Bertz CT molecular complexity index is 6010. The molecule has 7 aliphatic rings. The monoisotopic (exact) mass is 1360 g/mol. The lowest BCUT2D eigenvalue weighted by molar-refractivity contribution is 0.220. The maximum Gasteiger partial charge on any atom is 0.253 e. The molecule has 4 aliphatic heterocycles. The van der Waals surface area contributed by atoms with Crippen molar-refractivity contribution in [3.05, 3.63) is 283 Å². The zero-order chi connectivity index (χ0) is 82.4. The van der Waals surface area contributed by atoms with Crippen molar-refractivity contribution >= 4 is 86.4 Å². The van der Waals surface area contributed by atoms with E-state index in [4.69, 9.17) is 6.11 Å².